The summed E-state index contributed by atoms with van der Waals surface area (Å²) in [5.41, 5.74) is 5.57. The summed E-state index contributed by atoms with van der Waals surface area (Å²) in [5, 5.41) is 6.54. The molecule has 0 radical (unpaired) electrons. The number of aromatic nitrogens is 2. The highest BCUT2D eigenvalue weighted by atomic mass is 32.2. The summed E-state index contributed by atoms with van der Waals surface area (Å²) in [4.78, 5) is 11.3. The van der Waals surface area contributed by atoms with Crippen LogP contribution in [-0.4, -0.2) is 37.2 Å². The Kier molecular flexibility index (Phi) is 5.96. The number of anilines is 1. The lowest BCUT2D eigenvalue weighted by atomic mass is 10.4. The molecule has 8 nitrogen and oxygen atoms in total. The number of amides is 1. The zero-order valence-electron chi connectivity index (χ0n) is 11.7. The molecule has 114 valence electrons. The lowest BCUT2D eigenvalue weighted by Gasteiger charge is -2.06. The maximum Gasteiger partial charge on any atom is 0.245 e. The van der Waals surface area contributed by atoms with Crippen LogP contribution in [0.25, 0.3) is 0 Å². The molecule has 0 fully saturated rings. The number of sulfonamides is 1. The van der Waals surface area contributed by atoms with Crippen LogP contribution in [0.1, 0.15) is 26.7 Å². The van der Waals surface area contributed by atoms with Crippen molar-refractivity contribution in [2.75, 3.05) is 18.8 Å². The molecule has 0 unspecified atom stereocenters. The quantitative estimate of drug-likeness (QED) is 0.608. The van der Waals surface area contributed by atoms with Crippen LogP contribution in [0.15, 0.2) is 11.1 Å². The summed E-state index contributed by atoms with van der Waals surface area (Å²) >= 11 is 0. The summed E-state index contributed by atoms with van der Waals surface area (Å²) in [5.74, 6) is -0.235. The lowest BCUT2D eigenvalue weighted by molar-refractivity contribution is -0.120. The van der Waals surface area contributed by atoms with Gasteiger partial charge in [0, 0.05) is 32.3 Å². The molecule has 1 amide bonds. The molecule has 0 aliphatic carbocycles. The molecule has 1 rings (SSSR count). The Balaban J connectivity index is 2.57. The number of rotatable bonds is 8. The van der Waals surface area contributed by atoms with E-state index in [9.17, 15) is 13.2 Å². The predicted octanol–water partition coefficient (Wildman–Crippen LogP) is -0.320. The van der Waals surface area contributed by atoms with E-state index in [0.29, 0.717) is 13.1 Å². The molecule has 0 aromatic carbocycles. The van der Waals surface area contributed by atoms with Gasteiger partial charge in [-0.05, 0) is 13.3 Å². The highest BCUT2D eigenvalue weighted by Crippen LogP contribution is 2.15. The van der Waals surface area contributed by atoms with E-state index >= 15 is 0 Å². The largest absolute Gasteiger partial charge is 0.381 e. The first-order chi connectivity index (χ1) is 9.40. The maximum absolute atomic E-state index is 12.0. The number of nitrogens with zero attached hydrogens (tertiary/aromatic N) is 2. The Hall–Kier alpha value is -1.61. The Morgan fingerprint density at radius 3 is 2.65 bits per heavy atom. The highest BCUT2D eigenvalue weighted by Gasteiger charge is 2.20. The number of aryl methyl sites for hydroxylation is 1. The van der Waals surface area contributed by atoms with Crippen molar-refractivity contribution in [1.29, 1.82) is 0 Å². The molecule has 1 aromatic heterocycles. The van der Waals surface area contributed by atoms with Crippen LogP contribution in [0.5, 0.6) is 0 Å². The number of hydrogen-bond acceptors (Lipinski definition) is 5. The lowest BCUT2D eigenvalue weighted by Crippen LogP contribution is -2.31. The van der Waals surface area contributed by atoms with Crippen LogP contribution in [-0.2, 0) is 21.4 Å². The first-order valence-electron chi connectivity index (χ1n) is 6.50. The molecule has 0 bridgehead atoms. The molecule has 0 aliphatic heterocycles. The van der Waals surface area contributed by atoms with E-state index in [2.05, 4.69) is 15.1 Å². The van der Waals surface area contributed by atoms with Gasteiger partial charge in [-0.3, -0.25) is 9.48 Å². The van der Waals surface area contributed by atoms with Crippen LogP contribution in [0.2, 0.25) is 0 Å². The minimum absolute atomic E-state index is 0.0224. The smallest absolute Gasteiger partial charge is 0.245 e. The van der Waals surface area contributed by atoms with Gasteiger partial charge >= 0.3 is 0 Å². The number of nitrogen functional groups attached to an aromatic ring is 1. The summed E-state index contributed by atoms with van der Waals surface area (Å²) in [6, 6.07) is 0. The monoisotopic (exact) mass is 303 g/mol. The molecule has 0 saturated carbocycles. The molecule has 1 aromatic rings. The van der Waals surface area contributed by atoms with Crippen molar-refractivity contribution < 1.29 is 13.2 Å². The van der Waals surface area contributed by atoms with Crippen LogP contribution >= 0.6 is 0 Å². The van der Waals surface area contributed by atoms with Crippen molar-refractivity contribution in [3.63, 3.8) is 0 Å². The van der Waals surface area contributed by atoms with Gasteiger partial charge in [0.1, 0.15) is 4.90 Å². The van der Waals surface area contributed by atoms with Gasteiger partial charge in [-0.25, -0.2) is 13.1 Å². The molecule has 0 spiro atoms. The third-order valence-electron chi connectivity index (χ3n) is 2.58. The second-order valence-electron chi connectivity index (χ2n) is 4.23. The number of hydrogen-bond donors (Lipinski definition) is 3. The Labute approximate surface area is 118 Å². The van der Waals surface area contributed by atoms with Crippen molar-refractivity contribution in [3.05, 3.63) is 6.20 Å². The van der Waals surface area contributed by atoms with Gasteiger partial charge < -0.3 is 11.1 Å². The number of nitrogens with one attached hydrogen (secondary N) is 2. The van der Waals surface area contributed by atoms with Gasteiger partial charge in [-0.15, -0.1) is 0 Å². The fourth-order valence-corrected chi connectivity index (χ4v) is 2.62. The second kappa shape index (κ2) is 7.25. The fourth-order valence-electron chi connectivity index (χ4n) is 1.52. The van der Waals surface area contributed by atoms with Crippen LogP contribution < -0.4 is 15.8 Å². The second-order valence-corrected chi connectivity index (χ2v) is 5.97. The van der Waals surface area contributed by atoms with Gasteiger partial charge in [0.05, 0.1) is 0 Å². The van der Waals surface area contributed by atoms with Crippen LogP contribution in [0.3, 0.4) is 0 Å². The number of nitrogens with two attached hydrogens (primary N) is 1. The topological polar surface area (TPSA) is 119 Å². The Bertz CT molecular complexity index is 552. The zero-order valence-corrected chi connectivity index (χ0v) is 12.5. The standard InChI is InChI=1S/C11H21N5O3S/c1-3-6-13-10(17)5-7-14-20(18,19)9-8-16(4-2)15-11(9)12/h8,14H,3-7H2,1-2H3,(H2,12,15)(H,13,17). The minimum Gasteiger partial charge on any atom is -0.381 e. The van der Waals surface area contributed by atoms with E-state index in [1.165, 1.54) is 10.9 Å². The van der Waals surface area contributed by atoms with Gasteiger partial charge in [-0.2, -0.15) is 5.10 Å². The number of carbonyl (C=O) groups excluding carboxylic acids is 1. The van der Waals surface area contributed by atoms with Crippen molar-refractivity contribution in [2.45, 2.75) is 38.1 Å². The summed E-state index contributed by atoms with van der Waals surface area (Å²) < 4.78 is 27.8. The fraction of sp³-hybridized carbons (Fsp3) is 0.636. The maximum atomic E-state index is 12.0. The molecular formula is C11H21N5O3S. The third-order valence-corrected chi connectivity index (χ3v) is 4.06. The molecule has 0 atom stereocenters. The van der Waals surface area contributed by atoms with E-state index < -0.39 is 10.0 Å². The minimum atomic E-state index is -3.73. The van der Waals surface area contributed by atoms with Crippen molar-refractivity contribution in [1.82, 2.24) is 19.8 Å². The SMILES string of the molecule is CCCNC(=O)CCNS(=O)(=O)c1cn(CC)nc1N. The van der Waals surface area contributed by atoms with Crippen molar-refractivity contribution in [2.24, 2.45) is 0 Å². The molecular weight excluding hydrogens is 282 g/mol. The molecule has 1 heterocycles. The summed E-state index contributed by atoms with van der Waals surface area (Å²) in [6.45, 7) is 4.90. The molecule has 4 N–H and O–H groups in total. The van der Waals surface area contributed by atoms with E-state index in [0.717, 1.165) is 6.42 Å². The van der Waals surface area contributed by atoms with E-state index in [1.54, 1.807) is 0 Å². The van der Waals surface area contributed by atoms with E-state index in [4.69, 9.17) is 5.73 Å². The Morgan fingerprint density at radius 2 is 2.10 bits per heavy atom. The first kappa shape index (κ1) is 16.4. The van der Waals surface area contributed by atoms with Crippen LogP contribution in [0.4, 0.5) is 5.82 Å². The Morgan fingerprint density at radius 1 is 1.40 bits per heavy atom. The molecule has 9 heteroatoms. The normalized spacial score (nSPS) is 11.5. The van der Waals surface area contributed by atoms with Crippen LogP contribution in [0, 0.1) is 0 Å². The molecule has 0 aliphatic rings. The molecule has 20 heavy (non-hydrogen) atoms. The van der Waals surface area contributed by atoms with Crippen molar-refractivity contribution in [3.8, 4) is 0 Å². The van der Waals surface area contributed by atoms with Crippen molar-refractivity contribution >= 4 is 21.7 Å². The van der Waals surface area contributed by atoms with E-state index in [1.807, 2.05) is 13.8 Å². The number of carbonyl (C=O) groups is 1. The zero-order chi connectivity index (χ0) is 15.2. The van der Waals surface area contributed by atoms with Gasteiger partial charge in [0.2, 0.25) is 15.9 Å². The van der Waals surface area contributed by atoms with Gasteiger partial charge in [-0.1, -0.05) is 6.92 Å². The summed E-state index contributed by atoms with van der Waals surface area (Å²) in [6.07, 6.45) is 2.29. The van der Waals surface area contributed by atoms with Gasteiger partial charge in [0.15, 0.2) is 5.82 Å². The average Bonchev–Trinajstić information content (AvgIpc) is 2.78. The predicted molar refractivity (Wildman–Crippen MR) is 75.4 cm³/mol. The highest BCUT2D eigenvalue weighted by molar-refractivity contribution is 7.89. The summed E-state index contributed by atoms with van der Waals surface area (Å²) in [7, 11) is -3.73. The van der Waals surface area contributed by atoms with E-state index in [-0.39, 0.29) is 29.6 Å². The third kappa shape index (κ3) is 4.49. The average molecular weight is 303 g/mol. The first-order valence-corrected chi connectivity index (χ1v) is 7.98. The molecule has 0 saturated heterocycles. The van der Waals surface area contributed by atoms with Gasteiger partial charge in [0.25, 0.3) is 0 Å².